The molecule has 24 heavy (non-hydrogen) atoms. The lowest BCUT2D eigenvalue weighted by Crippen LogP contribution is -2.17. The van der Waals surface area contributed by atoms with Crippen LogP contribution in [0.4, 0.5) is 18.9 Å². The molecule has 0 unspecified atom stereocenters. The van der Waals surface area contributed by atoms with Crippen LogP contribution in [-0.4, -0.2) is 18.4 Å². The number of nitrogens with zero attached hydrogens (tertiary/aromatic N) is 1. The molecule has 2 aromatic carbocycles. The summed E-state index contributed by atoms with van der Waals surface area (Å²) in [4.78, 5) is 10.2. The number of hydrogen-bond acceptors (Lipinski definition) is 5. The molecule has 0 N–H and O–H groups in total. The Hall–Kier alpha value is -2.97. The Labute approximate surface area is 134 Å². The largest absolute Gasteiger partial charge is 0.573 e. The Morgan fingerprint density at radius 2 is 1.88 bits per heavy atom. The van der Waals surface area contributed by atoms with E-state index in [1.807, 2.05) is 0 Å². The number of hydrogen-bond donors (Lipinski definition) is 0. The number of non-ortho nitro benzene ring substituents is 1. The fraction of sp³-hybridized carbons (Fsp3) is 0.200. The van der Waals surface area contributed by atoms with Crippen LogP contribution in [0.15, 0.2) is 42.5 Å². The van der Waals surface area contributed by atoms with Gasteiger partial charge in [-0.05, 0) is 23.8 Å². The molecule has 2 rings (SSSR count). The Morgan fingerprint density at radius 3 is 2.50 bits per heavy atom. The summed E-state index contributed by atoms with van der Waals surface area (Å²) >= 11 is 0. The van der Waals surface area contributed by atoms with Crippen molar-refractivity contribution < 1.29 is 32.3 Å². The number of nitro groups is 1. The van der Waals surface area contributed by atoms with Gasteiger partial charge in [0.25, 0.3) is 5.69 Å². The molecular weight excluding hydrogens is 331 g/mol. The third kappa shape index (κ3) is 4.77. The predicted octanol–water partition coefficient (Wildman–Crippen LogP) is 4.08. The number of alkyl halides is 3. The molecule has 2 aromatic rings. The minimum absolute atomic E-state index is 0.105. The molecule has 0 aliphatic rings. The van der Waals surface area contributed by atoms with E-state index in [0.717, 1.165) is 12.1 Å². The molecule has 0 amide bonds. The zero-order chi connectivity index (χ0) is 17.7. The Bertz CT molecular complexity index is 733. The second-order valence-corrected chi connectivity index (χ2v) is 4.58. The second-order valence-electron chi connectivity index (χ2n) is 4.58. The van der Waals surface area contributed by atoms with Gasteiger partial charge in [-0.25, -0.2) is 0 Å². The number of halogens is 3. The molecule has 128 valence electrons. The van der Waals surface area contributed by atoms with Crippen molar-refractivity contribution in [1.82, 2.24) is 0 Å². The summed E-state index contributed by atoms with van der Waals surface area (Å²) in [6, 6.07) is 9.04. The molecule has 0 bridgehead atoms. The van der Waals surface area contributed by atoms with Gasteiger partial charge in [0.15, 0.2) is 11.5 Å². The number of nitro benzene ring substituents is 1. The van der Waals surface area contributed by atoms with Gasteiger partial charge in [-0.2, -0.15) is 0 Å². The molecular formula is C15H12F3NO5. The second kappa shape index (κ2) is 7.07. The molecule has 0 atom stereocenters. The van der Waals surface area contributed by atoms with Gasteiger partial charge in [-0.15, -0.1) is 13.2 Å². The third-order valence-electron chi connectivity index (χ3n) is 2.88. The van der Waals surface area contributed by atoms with Gasteiger partial charge in [-0.3, -0.25) is 10.1 Å². The van der Waals surface area contributed by atoms with Crippen molar-refractivity contribution in [3.05, 3.63) is 58.1 Å². The summed E-state index contributed by atoms with van der Waals surface area (Å²) in [7, 11) is 1.37. The van der Waals surface area contributed by atoms with E-state index in [4.69, 9.17) is 9.47 Å². The summed E-state index contributed by atoms with van der Waals surface area (Å²) in [6.07, 6.45) is -4.79. The summed E-state index contributed by atoms with van der Waals surface area (Å²) in [5.74, 6) is -0.00764. The van der Waals surface area contributed by atoms with Crippen LogP contribution in [0.3, 0.4) is 0 Å². The minimum atomic E-state index is -4.79. The molecule has 0 aromatic heterocycles. The highest BCUT2D eigenvalue weighted by atomic mass is 19.4. The smallest absolute Gasteiger partial charge is 0.493 e. The van der Waals surface area contributed by atoms with E-state index in [-0.39, 0.29) is 29.5 Å². The number of rotatable bonds is 6. The zero-order valence-corrected chi connectivity index (χ0v) is 12.4. The van der Waals surface area contributed by atoms with Crippen LogP contribution in [0.5, 0.6) is 17.2 Å². The molecule has 9 heteroatoms. The van der Waals surface area contributed by atoms with Gasteiger partial charge < -0.3 is 14.2 Å². The van der Waals surface area contributed by atoms with Gasteiger partial charge >= 0.3 is 6.36 Å². The molecule has 0 fully saturated rings. The van der Waals surface area contributed by atoms with Crippen molar-refractivity contribution in [1.29, 1.82) is 0 Å². The maximum atomic E-state index is 12.2. The molecule has 0 saturated carbocycles. The van der Waals surface area contributed by atoms with Gasteiger partial charge in [-0.1, -0.05) is 12.1 Å². The zero-order valence-electron chi connectivity index (χ0n) is 12.4. The Balaban J connectivity index is 2.14. The normalized spacial score (nSPS) is 11.0. The van der Waals surface area contributed by atoms with Gasteiger partial charge in [0.05, 0.1) is 18.1 Å². The molecule has 0 spiro atoms. The minimum Gasteiger partial charge on any atom is -0.493 e. The van der Waals surface area contributed by atoms with Crippen molar-refractivity contribution in [2.75, 3.05) is 7.11 Å². The SMILES string of the molecule is COc1ccc([N+](=O)[O-])cc1OCc1cccc(OC(F)(F)F)c1. The van der Waals surface area contributed by atoms with Crippen LogP contribution in [0, 0.1) is 10.1 Å². The molecule has 0 aliphatic heterocycles. The molecule has 0 heterocycles. The first kappa shape index (κ1) is 17.4. The topological polar surface area (TPSA) is 70.8 Å². The molecule has 6 nitrogen and oxygen atoms in total. The Morgan fingerprint density at radius 1 is 1.12 bits per heavy atom. The highest BCUT2D eigenvalue weighted by Gasteiger charge is 2.31. The highest BCUT2D eigenvalue weighted by molar-refractivity contribution is 5.48. The van der Waals surface area contributed by atoms with Crippen molar-refractivity contribution >= 4 is 5.69 Å². The van der Waals surface area contributed by atoms with E-state index in [1.165, 1.54) is 37.4 Å². The Kier molecular flexibility index (Phi) is 5.12. The lowest BCUT2D eigenvalue weighted by atomic mass is 10.2. The van der Waals surface area contributed by atoms with E-state index in [0.29, 0.717) is 5.56 Å². The van der Waals surface area contributed by atoms with Crippen LogP contribution in [0.2, 0.25) is 0 Å². The first-order valence-corrected chi connectivity index (χ1v) is 6.58. The van der Waals surface area contributed by atoms with Crippen LogP contribution >= 0.6 is 0 Å². The summed E-state index contributed by atoms with van der Waals surface area (Å²) in [6.45, 7) is -0.118. The van der Waals surface area contributed by atoms with E-state index >= 15 is 0 Å². The maximum Gasteiger partial charge on any atom is 0.573 e. The van der Waals surface area contributed by atoms with E-state index in [1.54, 1.807) is 0 Å². The van der Waals surface area contributed by atoms with Crippen molar-refractivity contribution in [3.63, 3.8) is 0 Å². The summed E-state index contributed by atoms with van der Waals surface area (Å²) in [5.41, 5.74) is 0.199. The summed E-state index contributed by atoms with van der Waals surface area (Å²) in [5, 5.41) is 10.8. The van der Waals surface area contributed by atoms with Crippen LogP contribution in [0.25, 0.3) is 0 Å². The molecule has 0 radical (unpaired) electrons. The number of ether oxygens (including phenoxy) is 3. The van der Waals surface area contributed by atoms with Gasteiger partial charge in [0, 0.05) is 6.07 Å². The highest BCUT2D eigenvalue weighted by Crippen LogP contribution is 2.32. The van der Waals surface area contributed by atoms with Crippen molar-refractivity contribution in [2.45, 2.75) is 13.0 Å². The van der Waals surface area contributed by atoms with E-state index in [2.05, 4.69) is 4.74 Å². The lowest BCUT2D eigenvalue weighted by Gasteiger charge is -2.12. The van der Waals surface area contributed by atoms with Gasteiger partial charge in [0.1, 0.15) is 12.4 Å². The van der Waals surface area contributed by atoms with Crippen molar-refractivity contribution in [3.8, 4) is 17.2 Å². The first-order valence-electron chi connectivity index (χ1n) is 6.58. The summed E-state index contributed by atoms with van der Waals surface area (Å²) < 4.78 is 50.9. The number of benzene rings is 2. The first-order chi connectivity index (χ1) is 11.3. The average molecular weight is 343 g/mol. The maximum absolute atomic E-state index is 12.2. The van der Waals surface area contributed by atoms with E-state index in [9.17, 15) is 23.3 Å². The number of methoxy groups -OCH3 is 1. The van der Waals surface area contributed by atoms with Crippen LogP contribution < -0.4 is 14.2 Å². The fourth-order valence-corrected chi connectivity index (χ4v) is 1.89. The lowest BCUT2D eigenvalue weighted by molar-refractivity contribution is -0.385. The standard InChI is InChI=1S/C15H12F3NO5/c1-22-13-6-5-11(19(20)21)8-14(13)23-9-10-3-2-4-12(7-10)24-15(16,17)18/h2-8H,9H2,1H3. The van der Waals surface area contributed by atoms with Gasteiger partial charge in [0.2, 0.25) is 0 Å². The average Bonchev–Trinajstić information content (AvgIpc) is 2.51. The van der Waals surface area contributed by atoms with Crippen LogP contribution in [0.1, 0.15) is 5.56 Å². The fourth-order valence-electron chi connectivity index (χ4n) is 1.89. The van der Waals surface area contributed by atoms with E-state index < -0.39 is 11.3 Å². The molecule has 0 aliphatic carbocycles. The third-order valence-corrected chi connectivity index (χ3v) is 2.88. The predicted molar refractivity (Wildman–Crippen MR) is 77.1 cm³/mol. The molecule has 0 saturated heterocycles. The quantitative estimate of drug-likeness (QED) is 0.584. The monoisotopic (exact) mass is 343 g/mol. The van der Waals surface area contributed by atoms with Crippen LogP contribution in [-0.2, 0) is 6.61 Å². The van der Waals surface area contributed by atoms with Crippen molar-refractivity contribution in [2.24, 2.45) is 0 Å².